The lowest BCUT2D eigenvalue weighted by Gasteiger charge is -2.23. The van der Waals surface area contributed by atoms with Crippen molar-refractivity contribution in [3.8, 4) is 0 Å². The van der Waals surface area contributed by atoms with E-state index in [4.69, 9.17) is 0 Å². The average Bonchev–Trinajstić information content (AvgIpc) is 2.95. The maximum absolute atomic E-state index is 13.1. The van der Waals surface area contributed by atoms with Gasteiger partial charge in [0.25, 0.3) is 0 Å². The number of benzene rings is 2. The number of aryl methyl sites for hydroxylation is 1. The lowest BCUT2D eigenvalue weighted by atomic mass is 10.2. The molecule has 0 aromatic heterocycles. The number of nitrogens with one attached hydrogen (secondary N) is 2. The first kappa shape index (κ1) is 22.2. The van der Waals surface area contributed by atoms with Crippen molar-refractivity contribution < 1.29 is 17.6 Å². The summed E-state index contributed by atoms with van der Waals surface area (Å²) >= 11 is 0. The van der Waals surface area contributed by atoms with Crippen molar-refractivity contribution in [1.82, 2.24) is 9.62 Å². The summed E-state index contributed by atoms with van der Waals surface area (Å²) in [7, 11) is -2.24. The van der Waals surface area contributed by atoms with Crippen LogP contribution in [0.3, 0.4) is 0 Å². The predicted molar refractivity (Wildman–Crippen MR) is 116 cm³/mol. The molecule has 1 aliphatic rings. The first-order valence-electron chi connectivity index (χ1n) is 9.85. The fourth-order valence-electron chi connectivity index (χ4n) is 3.52. The highest BCUT2D eigenvalue weighted by Gasteiger charge is 2.19. The van der Waals surface area contributed by atoms with E-state index in [1.165, 1.54) is 25.2 Å². The van der Waals surface area contributed by atoms with Gasteiger partial charge in [-0.25, -0.2) is 17.5 Å². The quantitative estimate of drug-likeness (QED) is 0.729. The second-order valence-electron chi connectivity index (χ2n) is 7.33. The molecule has 0 saturated carbocycles. The smallest absolute Gasteiger partial charge is 0.240 e. The Labute approximate surface area is 176 Å². The highest BCUT2D eigenvalue weighted by Crippen LogP contribution is 2.20. The van der Waals surface area contributed by atoms with Gasteiger partial charge < -0.3 is 10.2 Å². The summed E-state index contributed by atoms with van der Waals surface area (Å²) in [5.41, 5.74) is 2.03. The van der Waals surface area contributed by atoms with Crippen molar-refractivity contribution in [2.75, 3.05) is 50.0 Å². The molecule has 2 N–H and O–H groups in total. The van der Waals surface area contributed by atoms with E-state index < -0.39 is 10.0 Å². The highest BCUT2D eigenvalue weighted by atomic mass is 32.2. The van der Waals surface area contributed by atoms with Crippen LogP contribution in [0.15, 0.2) is 47.4 Å². The van der Waals surface area contributed by atoms with Gasteiger partial charge in [-0.2, -0.15) is 0 Å². The number of carbonyl (C=O) groups is 1. The van der Waals surface area contributed by atoms with E-state index >= 15 is 0 Å². The van der Waals surface area contributed by atoms with Gasteiger partial charge in [-0.15, -0.1) is 0 Å². The van der Waals surface area contributed by atoms with Gasteiger partial charge in [0, 0.05) is 37.6 Å². The fraction of sp³-hybridized carbons (Fsp3) is 0.381. The van der Waals surface area contributed by atoms with Gasteiger partial charge in [0.05, 0.1) is 11.4 Å². The Balaban J connectivity index is 1.59. The zero-order valence-electron chi connectivity index (χ0n) is 17.2. The van der Waals surface area contributed by atoms with Crippen molar-refractivity contribution >= 4 is 27.3 Å². The number of amides is 1. The molecule has 2 aromatic rings. The number of anilines is 2. The van der Waals surface area contributed by atoms with Crippen LogP contribution in [0.4, 0.5) is 15.8 Å². The molecule has 1 aliphatic heterocycles. The molecule has 0 bridgehead atoms. The molecular weight excluding hydrogens is 407 g/mol. The van der Waals surface area contributed by atoms with Crippen molar-refractivity contribution in [2.45, 2.75) is 18.2 Å². The minimum Gasteiger partial charge on any atom is -0.370 e. The maximum Gasteiger partial charge on any atom is 0.240 e. The highest BCUT2D eigenvalue weighted by molar-refractivity contribution is 7.89. The predicted octanol–water partition coefficient (Wildman–Crippen LogP) is 2.19. The van der Waals surface area contributed by atoms with Crippen molar-refractivity contribution in [3.63, 3.8) is 0 Å². The molecule has 0 aliphatic carbocycles. The molecule has 0 spiro atoms. The third-order valence-electron chi connectivity index (χ3n) is 5.18. The van der Waals surface area contributed by atoms with Crippen LogP contribution < -0.4 is 14.9 Å². The van der Waals surface area contributed by atoms with Crippen LogP contribution in [0.1, 0.15) is 12.0 Å². The molecule has 30 heavy (non-hydrogen) atoms. The summed E-state index contributed by atoms with van der Waals surface area (Å²) in [6.45, 7) is 5.00. The summed E-state index contributed by atoms with van der Waals surface area (Å²) in [5, 5.41) is 2.79. The lowest BCUT2D eigenvalue weighted by Crippen LogP contribution is -2.36. The van der Waals surface area contributed by atoms with Crippen LogP contribution in [-0.4, -0.2) is 59.0 Å². The topological polar surface area (TPSA) is 81.8 Å². The molecule has 3 rings (SSSR count). The Kier molecular flexibility index (Phi) is 7.06. The van der Waals surface area contributed by atoms with Crippen LogP contribution in [0, 0.1) is 12.7 Å². The Morgan fingerprint density at radius 1 is 1.07 bits per heavy atom. The molecular formula is C21H27FN4O3S. The standard InChI is InChI=1S/C21H27FN4O3S/c1-16-4-7-18(14-20(16)30(28,29)23-2)24-21(27)15-25-10-3-11-26(13-12-25)19-8-5-17(22)6-9-19/h4-9,14,23H,3,10-13,15H2,1-2H3,(H,24,27). The van der Waals surface area contributed by atoms with E-state index in [0.717, 1.165) is 31.7 Å². The Hall–Kier alpha value is -2.49. The zero-order chi connectivity index (χ0) is 21.7. The van der Waals surface area contributed by atoms with Gasteiger partial charge in [0.1, 0.15) is 5.82 Å². The number of hydrogen-bond donors (Lipinski definition) is 2. The van der Waals surface area contributed by atoms with Gasteiger partial charge in [-0.3, -0.25) is 9.69 Å². The molecule has 0 radical (unpaired) electrons. The summed E-state index contributed by atoms with van der Waals surface area (Å²) in [6.07, 6.45) is 0.889. The molecule has 1 amide bonds. The molecule has 0 unspecified atom stereocenters. The molecule has 162 valence electrons. The van der Waals surface area contributed by atoms with Crippen molar-refractivity contribution in [1.29, 1.82) is 0 Å². The van der Waals surface area contributed by atoms with E-state index in [1.807, 2.05) is 0 Å². The molecule has 9 heteroatoms. The van der Waals surface area contributed by atoms with Crippen LogP contribution in [0.25, 0.3) is 0 Å². The number of nitrogens with zero attached hydrogens (tertiary/aromatic N) is 2. The van der Waals surface area contributed by atoms with Gasteiger partial charge in [0.2, 0.25) is 15.9 Å². The number of sulfonamides is 1. The van der Waals surface area contributed by atoms with E-state index in [-0.39, 0.29) is 23.2 Å². The van der Waals surface area contributed by atoms with Crippen molar-refractivity contribution in [2.24, 2.45) is 0 Å². The average molecular weight is 435 g/mol. The first-order valence-corrected chi connectivity index (χ1v) is 11.3. The number of hydrogen-bond acceptors (Lipinski definition) is 5. The Morgan fingerprint density at radius 3 is 2.50 bits per heavy atom. The maximum atomic E-state index is 13.1. The van der Waals surface area contributed by atoms with E-state index in [0.29, 0.717) is 17.8 Å². The van der Waals surface area contributed by atoms with Gasteiger partial charge in [0.15, 0.2) is 0 Å². The first-order chi connectivity index (χ1) is 14.3. The molecule has 1 saturated heterocycles. The third-order valence-corrected chi connectivity index (χ3v) is 6.73. The summed E-state index contributed by atoms with van der Waals surface area (Å²) in [4.78, 5) is 16.9. The van der Waals surface area contributed by atoms with Crippen molar-refractivity contribution in [3.05, 3.63) is 53.8 Å². The summed E-state index contributed by atoms with van der Waals surface area (Å²) in [6, 6.07) is 11.3. The van der Waals surface area contributed by atoms with Gasteiger partial charge in [-0.05, 0) is 62.4 Å². The lowest BCUT2D eigenvalue weighted by molar-refractivity contribution is -0.117. The molecule has 0 atom stereocenters. The van der Waals surface area contributed by atoms with E-state index in [2.05, 4.69) is 19.8 Å². The zero-order valence-corrected chi connectivity index (χ0v) is 18.0. The molecule has 1 heterocycles. The van der Waals surface area contributed by atoms with E-state index in [1.54, 1.807) is 31.2 Å². The fourth-order valence-corrected chi connectivity index (χ4v) is 4.51. The monoisotopic (exact) mass is 434 g/mol. The van der Waals surface area contributed by atoms with Crippen LogP contribution in [-0.2, 0) is 14.8 Å². The minimum absolute atomic E-state index is 0.146. The minimum atomic E-state index is -3.60. The van der Waals surface area contributed by atoms with Gasteiger partial charge >= 0.3 is 0 Å². The molecule has 2 aromatic carbocycles. The molecule has 1 fully saturated rings. The van der Waals surface area contributed by atoms with E-state index in [9.17, 15) is 17.6 Å². The van der Waals surface area contributed by atoms with Crippen LogP contribution >= 0.6 is 0 Å². The second-order valence-corrected chi connectivity index (χ2v) is 9.18. The Morgan fingerprint density at radius 2 is 1.80 bits per heavy atom. The number of carbonyl (C=O) groups excluding carboxylic acids is 1. The summed E-state index contributed by atoms with van der Waals surface area (Å²) < 4.78 is 39.7. The number of halogens is 1. The van der Waals surface area contributed by atoms with Crippen LogP contribution in [0.2, 0.25) is 0 Å². The van der Waals surface area contributed by atoms with Gasteiger partial charge in [-0.1, -0.05) is 6.07 Å². The molecule has 7 nitrogen and oxygen atoms in total. The second kappa shape index (κ2) is 9.55. The normalized spacial score (nSPS) is 15.6. The number of rotatable bonds is 6. The Bertz CT molecular complexity index is 996. The summed E-state index contributed by atoms with van der Waals surface area (Å²) in [5.74, 6) is -0.449. The largest absolute Gasteiger partial charge is 0.370 e. The van der Waals surface area contributed by atoms with Crippen LogP contribution in [0.5, 0.6) is 0 Å². The SMILES string of the molecule is CNS(=O)(=O)c1cc(NC(=O)CN2CCCN(c3ccc(F)cc3)CC2)ccc1C. The third kappa shape index (κ3) is 5.56.